The summed E-state index contributed by atoms with van der Waals surface area (Å²) in [5.74, 6) is -0.924. The van der Waals surface area contributed by atoms with Gasteiger partial charge in [-0.3, -0.25) is 4.79 Å². The van der Waals surface area contributed by atoms with Gasteiger partial charge in [-0.2, -0.15) is 0 Å². The highest BCUT2D eigenvalue weighted by Gasteiger charge is 2.10. The molecule has 1 unspecified atom stereocenters. The van der Waals surface area contributed by atoms with Crippen LogP contribution in [0.3, 0.4) is 0 Å². The molecular formula is C11H14FNO3. The summed E-state index contributed by atoms with van der Waals surface area (Å²) < 4.78 is 17.9. The smallest absolute Gasteiger partial charge is 0.305 e. The summed E-state index contributed by atoms with van der Waals surface area (Å²) in [5.41, 5.74) is 0.581. The van der Waals surface area contributed by atoms with Crippen LogP contribution in [0.15, 0.2) is 18.2 Å². The van der Waals surface area contributed by atoms with Crippen LogP contribution in [0.2, 0.25) is 0 Å². The van der Waals surface area contributed by atoms with Crippen LogP contribution < -0.4 is 10.1 Å². The first kappa shape index (κ1) is 12.3. The van der Waals surface area contributed by atoms with E-state index in [0.717, 1.165) is 0 Å². The topological polar surface area (TPSA) is 58.6 Å². The van der Waals surface area contributed by atoms with Gasteiger partial charge in [0.25, 0.3) is 0 Å². The summed E-state index contributed by atoms with van der Waals surface area (Å²) in [4.78, 5) is 10.5. The summed E-state index contributed by atoms with van der Waals surface area (Å²) in [6.45, 7) is 1.73. The predicted octanol–water partition coefficient (Wildman–Crippen LogP) is 2.11. The molecule has 1 aromatic rings. The van der Waals surface area contributed by atoms with Crippen molar-refractivity contribution in [1.29, 1.82) is 0 Å². The zero-order valence-electron chi connectivity index (χ0n) is 9.16. The number of aliphatic carboxylic acids is 1. The van der Waals surface area contributed by atoms with Crippen molar-refractivity contribution in [3.8, 4) is 5.75 Å². The fourth-order valence-corrected chi connectivity index (χ4v) is 1.36. The lowest BCUT2D eigenvalue weighted by molar-refractivity contribution is -0.137. The molecule has 0 spiro atoms. The quantitative estimate of drug-likeness (QED) is 0.808. The van der Waals surface area contributed by atoms with Gasteiger partial charge in [0.15, 0.2) is 0 Å². The highest BCUT2D eigenvalue weighted by Crippen LogP contribution is 2.25. The fraction of sp³-hybridized carbons (Fsp3) is 0.364. The molecule has 0 saturated carbocycles. The molecule has 0 bridgehead atoms. The third-order valence-corrected chi connectivity index (χ3v) is 2.05. The molecule has 0 fully saturated rings. The predicted molar refractivity (Wildman–Crippen MR) is 58.3 cm³/mol. The Labute approximate surface area is 93.0 Å². The fourth-order valence-electron chi connectivity index (χ4n) is 1.36. The molecule has 1 atom stereocenters. The summed E-state index contributed by atoms with van der Waals surface area (Å²) in [5, 5.41) is 11.5. The van der Waals surface area contributed by atoms with E-state index in [9.17, 15) is 9.18 Å². The van der Waals surface area contributed by atoms with E-state index in [2.05, 4.69) is 5.32 Å². The first-order chi connectivity index (χ1) is 7.52. The van der Waals surface area contributed by atoms with Crippen LogP contribution in [0.1, 0.15) is 13.3 Å². The maximum Gasteiger partial charge on any atom is 0.305 e. The molecule has 2 N–H and O–H groups in total. The second-order valence-electron chi connectivity index (χ2n) is 3.49. The Morgan fingerprint density at radius 1 is 1.62 bits per heavy atom. The number of carbonyl (C=O) groups is 1. The number of methoxy groups -OCH3 is 1. The lowest BCUT2D eigenvalue weighted by Crippen LogP contribution is -2.19. The van der Waals surface area contributed by atoms with Gasteiger partial charge in [0.05, 0.1) is 19.2 Å². The summed E-state index contributed by atoms with van der Waals surface area (Å²) in [6, 6.07) is 3.80. The van der Waals surface area contributed by atoms with Gasteiger partial charge in [-0.05, 0) is 19.1 Å². The number of carboxylic acids is 1. The number of nitrogens with one attached hydrogen (secondary N) is 1. The van der Waals surface area contributed by atoms with Crippen LogP contribution in [0, 0.1) is 5.82 Å². The van der Waals surface area contributed by atoms with Gasteiger partial charge in [0, 0.05) is 12.1 Å². The molecule has 0 radical (unpaired) electrons. The van der Waals surface area contributed by atoms with Crippen molar-refractivity contribution in [2.24, 2.45) is 0 Å². The van der Waals surface area contributed by atoms with Gasteiger partial charge >= 0.3 is 5.97 Å². The maximum atomic E-state index is 12.9. The van der Waals surface area contributed by atoms with Crippen LogP contribution in [-0.2, 0) is 4.79 Å². The summed E-state index contributed by atoms with van der Waals surface area (Å²) in [7, 11) is 1.43. The number of halogens is 1. The zero-order valence-corrected chi connectivity index (χ0v) is 9.16. The lowest BCUT2D eigenvalue weighted by atomic mass is 10.2. The Kier molecular flexibility index (Phi) is 4.10. The minimum absolute atomic E-state index is 0.0134. The molecule has 0 saturated heterocycles. The van der Waals surface area contributed by atoms with Crippen molar-refractivity contribution >= 4 is 11.7 Å². The average Bonchev–Trinajstić information content (AvgIpc) is 2.19. The van der Waals surface area contributed by atoms with Gasteiger partial charge < -0.3 is 15.2 Å². The van der Waals surface area contributed by atoms with E-state index in [1.165, 1.54) is 25.3 Å². The van der Waals surface area contributed by atoms with E-state index >= 15 is 0 Å². The standard InChI is InChI=1S/C11H14FNO3/c1-7(5-11(14)15)13-9-4-3-8(12)6-10(9)16-2/h3-4,6-7,13H,5H2,1-2H3,(H,14,15). The van der Waals surface area contributed by atoms with Gasteiger partial charge in [-0.25, -0.2) is 4.39 Å². The van der Waals surface area contributed by atoms with Crippen molar-refractivity contribution in [1.82, 2.24) is 0 Å². The van der Waals surface area contributed by atoms with E-state index < -0.39 is 11.8 Å². The monoisotopic (exact) mass is 227 g/mol. The van der Waals surface area contributed by atoms with Crippen LogP contribution in [-0.4, -0.2) is 24.2 Å². The number of ether oxygens (including phenoxy) is 1. The number of carboxylic acid groups (broad SMARTS) is 1. The highest BCUT2D eigenvalue weighted by molar-refractivity contribution is 5.68. The molecule has 16 heavy (non-hydrogen) atoms. The highest BCUT2D eigenvalue weighted by atomic mass is 19.1. The third-order valence-electron chi connectivity index (χ3n) is 2.05. The summed E-state index contributed by atoms with van der Waals surface area (Å²) in [6.07, 6.45) is -0.0134. The zero-order chi connectivity index (χ0) is 12.1. The minimum Gasteiger partial charge on any atom is -0.494 e. The van der Waals surface area contributed by atoms with Crippen molar-refractivity contribution in [2.75, 3.05) is 12.4 Å². The van der Waals surface area contributed by atoms with Crippen LogP contribution in [0.5, 0.6) is 5.75 Å². The van der Waals surface area contributed by atoms with Gasteiger partial charge in [-0.1, -0.05) is 0 Å². The third kappa shape index (κ3) is 3.42. The molecule has 0 amide bonds. The number of hydrogen-bond acceptors (Lipinski definition) is 3. The Hall–Kier alpha value is -1.78. The Bertz CT molecular complexity index is 381. The average molecular weight is 227 g/mol. The van der Waals surface area contributed by atoms with Crippen LogP contribution >= 0.6 is 0 Å². The van der Waals surface area contributed by atoms with Crippen molar-refractivity contribution in [2.45, 2.75) is 19.4 Å². The normalized spacial score (nSPS) is 11.9. The number of rotatable bonds is 5. The first-order valence-electron chi connectivity index (χ1n) is 4.84. The molecule has 0 aliphatic rings. The van der Waals surface area contributed by atoms with Gasteiger partial charge in [0.2, 0.25) is 0 Å². The Morgan fingerprint density at radius 3 is 2.88 bits per heavy atom. The van der Waals surface area contributed by atoms with Crippen molar-refractivity contribution < 1.29 is 19.0 Å². The number of anilines is 1. The first-order valence-corrected chi connectivity index (χ1v) is 4.84. The summed E-state index contributed by atoms with van der Waals surface area (Å²) >= 11 is 0. The van der Waals surface area contributed by atoms with Crippen LogP contribution in [0.25, 0.3) is 0 Å². The van der Waals surface area contributed by atoms with Crippen molar-refractivity contribution in [3.63, 3.8) is 0 Å². The van der Waals surface area contributed by atoms with E-state index in [-0.39, 0.29) is 12.5 Å². The Morgan fingerprint density at radius 2 is 2.31 bits per heavy atom. The number of hydrogen-bond donors (Lipinski definition) is 2. The molecule has 0 heterocycles. The molecule has 88 valence electrons. The molecule has 5 heteroatoms. The lowest BCUT2D eigenvalue weighted by Gasteiger charge is -2.15. The van der Waals surface area contributed by atoms with E-state index in [4.69, 9.17) is 9.84 Å². The van der Waals surface area contributed by atoms with Gasteiger partial charge in [0.1, 0.15) is 11.6 Å². The van der Waals surface area contributed by atoms with E-state index in [1.54, 1.807) is 6.92 Å². The van der Waals surface area contributed by atoms with E-state index in [0.29, 0.717) is 11.4 Å². The minimum atomic E-state index is -0.888. The molecule has 0 aliphatic carbocycles. The molecule has 1 aromatic carbocycles. The van der Waals surface area contributed by atoms with Crippen molar-refractivity contribution in [3.05, 3.63) is 24.0 Å². The molecule has 0 aromatic heterocycles. The Balaban J connectivity index is 2.76. The number of benzene rings is 1. The molecular weight excluding hydrogens is 213 g/mol. The largest absolute Gasteiger partial charge is 0.494 e. The molecule has 1 rings (SSSR count). The maximum absolute atomic E-state index is 12.9. The second kappa shape index (κ2) is 5.34. The van der Waals surface area contributed by atoms with E-state index in [1.807, 2.05) is 0 Å². The molecule has 4 nitrogen and oxygen atoms in total. The van der Waals surface area contributed by atoms with Crippen LogP contribution in [0.4, 0.5) is 10.1 Å². The van der Waals surface area contributed by atoms with Gasteiger partial charge in [-0.15, -0.1) is 0 Å². The molecule has 0 aliphatic heterocycles. The SMILES string of the molecule is COc1cc(F)ccc1NC(C)CC(=O)O. The second-order valence-corrected chi connectivity index (χ2v) is 3.49.